The van der Waals surface area contributed by atoms with Crippen LogP contribution in [0.5, 0.6) is 0 Å². The molecule has 0 heterocycles. The highest BCUT2D eigenvalue weighted by atomic mass is 14.5. The van der Waals surface area contributed by atoms with Crippen LogP contribution < -0.4 is 5.73 Å². The van der Waals surface area contributed by atoms with Crippen LogP contribution in [-0.2, 0) is 0 Å². The molecule has 2 N–H and O–H groups in total. The molecular weight excluding hydrogens is 230 g/mol. The minimum absolute atomic E-state index is 0.392. The molecule has 1 unspecified atom stereocenters. The van der Waals surface area contributed by atoms with E-state index in [0.717, 1.165) is 19.3 Å². The van der Waals surface area contributed by atoms with Crippen LogP contribution in [-0.4, -0.2) is 6.54 Å². The van der Waals surface area contributed by atoms with E-state index in [-0.39, 0.29) is 0 Å². The van der Waals surface area contributed by atoms with Gasteiger partial charge in [-0.05, 0) is 49.5 Å². The van der Waals surface area contributed by atoms with Crippen molar-refractivity contribution >= 4 is 0 Å². The molecule has 1 rings (SSSR count). The molecule has 0 bridgehead atoms. The summed E-state index contributed by atoms with van der Waals surface area (Å²) in [5.74, 6) is 0.392. The Morgan fingerprint density at radius 1 is 1.47 bits per heavy atom. The topological polar surface area (TPSA) is 26.0 Å². The van der Waals surface area contributed by atoms with Crippen LogP contribution in [0, 0.1) is 5.92 Å². The third-order valence-electron chi connectivity index (χ3n) is 3.16. The molecule has 1 nitrogen and oxygen atoms in total. The summed E-state index contributed by atoms with van der Waals surface area (Å²) in [6, 6.07) is 0. The predicted octanol–water partition coefficient (Wildman–Crippen LogP) is 4.46. The van der Waals surface area contributed by atoms with Crippen LogP contribution in [0.4, 0.5) is 0 Å². The maximum Gasteiger partial charge on any atom is 0.0175 e. The van der Waals surface area contributed by atoms with E-state index in [4.69, 9.17) is 5.73 Å². The van der Waals surface area contributed by atoms with Crippen LogP contribution in [0.15, 0.2) is 65.5 Å². The van der Waals surface area contributed by atoms with Gasteiger partial charge in [0.25, 0.3) is 0 Å². The molecule has 0 fully saturated rings. The first-order valence-corrected chi connectivity index (χ1v) is 6.96. The van der Waals surface area contributed by atoms with E-state index in [1.165, 1.54) is 16.7 Å². The van der Waals surface area contributed by atoms with Crippen molar-refractivity contribution in [2.75, 3.05) is 6.54 Å². The quantitative estimate of drug-likeness (QED) is 0.550. The van der Waals surface area contributed by atoms with E-state index in [1.807, 2.05) is 0 Å². The lowest BCUT2D eigenvalue weighted by atomic mass is 10.00. The highest BCUT2D eigenvalue weighted by Crippen LogP contribution is 2.18. The zero-order chi connectivity index (χ0) is 14.1. The number of hydrogen-bond donors (Lipinski definition) is 1. The second kappa shape index (κ2) is 8.53. The van der Waals surface area contributed by atoms with Gasteiger partial charge in [0.2, 0.25) is 0 Å². The summed E-state index contributed by atoms with van der Waals surface area (Å²) < 4.78 is 0. The van der Waals surface area contributed by atoms with E-state index in [9.17, 15) is 0 Å². The minimum Gasteiger partial charge on any atom is -0.327 e. The summed E-state index contributed by atoms with van der Waals surface area (Å²) in [7, 11) is 0. The zero-order valence-corrected chi connectivity index (χ0v) is 12.2. The Bertz CT molecular complexity index is 454. The van der Waals surface area contributed by atoms with Gasteiger partial charge < -0.3 is 5.73 Å². The fourth-order valence-electron chi connectivity index (χ4n) is 1.89. The molecule has 0 aromatic rings. The Hall–Kier alpha value is -1.56. The Morgan fingerprint density at radius 3 is 2.95 bits per heavy atom. The van der Waals surface area contributed by atoms with Gasteiger partial charge in [0.1, 0.15) is 0 Å². The molecule has 1 aliphatic rings. The molecule has 0 spiro atoms. The van der Waals surface area contributed by atoms with Crippen molar-refractivity contribution in [3.63, 3.8) is 0 Å². The summed E-state index contributed by atoms with van der Waals surface area (Å²) in [5, 5.41) is 0. The summed E-state index contributed by atoms with van der Waals surface area (Å²) in [6.45, 7) is 8.76. The highest BCUT2D eigenvalue weighted by molar-refractivity contribution is 5.35. The largest absolute Gasteiger partial charge is 0.327 e. The van der Waals surface area contributed by atoms with Gasteiger partial charge in [0.15, 0.2) is 0 Å². The average molecular weight is 255 g/mol. The molecule has 0 saturated carbocycles. The molecular formula is C18H25N. The summed E-state index contributed by atoms with van der Waals surface area (Å²) >= 11 is 0. The average Bonchev–Trinajstić information content (AvgIpc) is 2.63. The SMILES string of the molecule is C=C(C)CCC=C=CC(C)C1=CCC=C(CN)C=C1. The number of hydrogen-bond acceptors (Lipinski definition) is 1. The van der Waals surface area contributed by atoms with Gasteiger partial charge in [-0.15, -0.1) is 12.3 Å². The van der Waals surface area contributed by atoms with Crippen LogP contribution in [0.1, 0.15) is 33.1 Å². The maximum atomic E-state index is 5.66. The molecule has 1 atom stereocenters. The first kappa shape index (κ1) is 15.5. The lowest BCUT2D eigenvalue weighted by molar-refractivity contribution is 0.885. The smallest absolute Gasteiger partial charge is 0.0175 e. The van der Waals surface area contributed by atoms with Crippen molar-refractivity contribution in [2.24, 2.45) is 11.7 Å². The molecule has 19 heavy (non-hydrogen) atoms. The normalized spacial score (nSPS) is 15.7. The summed E-state index contributed by atoms with van der Waals surface area (Å²) in [5.41, 5.74) is 12.7. The summed E-state index contributed by atoms with van der Waals surface area (Å²) in [4.78, 5) is 0. The van der Waals surface area contributed by atoms with Gasteiger partial charge in [-0.25, -0.2) is 0 Å². The fraction of sp³-hybridized carbons (Fsp3) is 0.389. The van der Waals surface area contributed by atoms with E-state index >= 15 is 0 Å². The number of nitrogens with two attached hydrogens (primary N) is 1. The molecule has 0 saturated heterocycles. The molecule has 1 aliphatic carbocycles. The van der Waals surface area contributed by atoms with Crippen molar-refractivity contribution in [3.05, 3.63) is 65.5 Å². The van der Waals surface area contributed by atoms with Crippen molar-refractivity contribution in [2.45, 2.75) is 33.1 Å². The van der Waals surface area contributed by atoms with Crippen LogP contribution >= 0.6 is 0 Å². The van der Waals surface area contributed by atoms with Crippen LogP contribution in [0.2, 0.25) is 0 Å². The molecule has 0 radical (unpaired) electrons. The number of rotatable bonds is 6. The van der Waals surface area contributed by atoms with Crippen molar-refractivity contribution in [3.8, 4) is 0 Å². The second-order valence-electron chi connectivity index (χ2n) is 5.08. The summed E-state index contributed by atoms with van der Waals surface area (Å²) in [6.07, 6.45) is 16.0. The second-order valence-corrected chi connectivity index (χ2v) is 5.08. The standard InChI is InChI=1S/C18H25N/c1-15(2)8-5-4-6-9-16(3)18-11-7-10-17(14-19)12-13-18/h4,9-13,16H,1,5,7-8,14,19H2,2-3H3. The Balaban J connectivity index is 2.54. The van der Waals surface area contributed by atoms with E-state index < -0.39 is 0 Å². The van der Waals surface area contributed by atoms with Crippen molar-refractivity contribution in [1.82, 2.24) is 0 Å². The van der Waals surface area contributed by atoms with Gasteiger partial charge in [-0.3, -0.25) is 0 Å². The van der Waals surface area contributed by atoms with Crippen molar-refractivity contribution < 1.29 is 0 Å². The van der Waals surface area contributed by atoms with E-state index in [2.05, 4.69) is 62.6 Å². The third-order valence-corrected chi connectivity index (χ3v) is 3.16. The number of allylic oxidation sites excluding steroid dienone is 6. The molecule has 0 aromatic heterocycles. The van der Waals surface area contributed by atoms with Gasteiger partial charge in [-0.2, -0.15) is 0 Å². The van der Waals surface area contributed by atoms with E-state index in [0.29, 0.717) is 12.5 Å². The Labute approximate surface area is 117 Å². The first-order chi connectivity index (χ1) is 9.13. The monoisotopic (exact) mass is 255 g/mol. The Morgan fingerprint density at radius 2 is 2.26 bits per heavy atom. The molecule has 0 amide bonds. The molecule has 102 valence electrons. The lowest BCUT2D eigenvalue weighted by Crippen LogP contribution is -2.00. The zero-order valence-electron chi connectivity index (χ0n) is 12.2. The molecule has 0 aromatic carbocycles. The molecule has 0 aliphatic heterocycles. The maximum absolute atomic E-state index is 5.66. The van der Waals surface area contributed by atoms with Gasteiger partial charge in [0.05, 0.1) is 0 Å². The van der Waals surface area contributed by atoms with Gasteiger partial charge in [0, 0.05) is 12.5 Å². The minimum atomic E-state index is 0.392. The van der Waals surface area contributed by atoms with E-state index in [1.54, 1.807) is 0 Å². The Kier molecular flexibility index (Phi) is 6.95. The first-order valence-electron chi connectivity index (χ1n) is 6.96. The lowest BCUT2D eigenvalue weighted by Gasteiger charge is -2.05. The van der Waals surface area contributed by atoms with Crippen LogP contribution in [0.25, 0.3) is 0 Å². The fourth-order valence-corrected chi connectivity index (χ4v) is 1.89. The van der Waals surface area contributed by atoms with Gasteiger partial charge >= 0.3 is 0 Å². The van der Waals surface area contributed by atoms with Gasteiger partial charge in [-0.1, -0.05) is 36.8 Å². The highest BCUT2D eigenvalue weighted by Gasteiger charge is 2.03. The van der Waals surface area contributed by atoms with Crippen molar-refractivity contribution in [1.29, 1.82) is 0 Å². The molecule has 1 heteroatoms. The predicted molar refractivity (Wildman–Crippen MR) is 84.8 cm³/mol. The third kappa shape index (κ3) is 6.24. The van der Waals surface area contributed by atoms with Crippen LogP contribution in [0.3, 0.4) is 0 Å².